The molecular weight excluding hydrogens is 278 g/mol. The van der Waals surface area contributed by atoms with E-state index >= 15 is 0 Å². The molecule has 1 aromatic heterocycles. The van der Waals surface area contributed by atoms with Gasteiger partial charge >= 0.3 is 5.97 Å². The predicted molar refractivity (Wildman–Crippen MR) is 77.2 cm³/mol. The van der Waals surface area contributed by atoms with Crippen molar-refractivity contribution in [2.45, 2.75) is 32.8 Å². The zero-order valence-corrected chi connectivity index (χ0v) is 12.3. The number of hydrogen-bond acceptors (Lipinski definition) is 4. The molecule has 6 heteroatoms. The second-order valence-corrected chi connectivity index (χ2v) is 5.28. The van der Waals surface area contributed by atoms with Gasteiger partial charge in [-0.15, -0.1) is 17.8 Å². The third-order valence-corrected chi connectivity index (χ3v) is 3.64. The zero-order chi connectivity index (χ0) is 15.1. The van der Waals surface area contributed by atoms with E-state index in [4.69, 9.17) is 16.3 Å². The Morgan fingerprint density at radius 1 is 1.60 bits per heavy atom. The van der Waals surface area contributed by atoms with Crippen molar-refractivity contribution in [1.82, 2.24) is 5.32 Å². The number of terminal acetylenes is 1. The van der Waals surface area contributed by atoms with Crippen LogP contribution in [0, 0.1) is 12.3 Å². The van der Waals surface area contributed by atoms with Crippen molar-refractivity contribution in [2.75, 3.05) is 6.54 Å². The number of carbonyl (C=O) groups excluding carboxylic acids is 1. The van der Waals surface area contributed by atoms with Crippen LogP contribution < -0.4 is 10.1 Å². The minimum absolute atomic E-state index is 0.114. The summed E-state index contributed by atoms with van der Waals surface area (Å²) in [6, 6.07) is 1.68. The number of aryl methyl sites for hydroxylation is 1. The highest BCUT2D eigenvalue weighted by molar-refractivity contribution is 7.14. The number of carbonyl (C=O) groups is 2. The van der Waals surface area contributed by atoms with Crippen LogP contribution in [-0.4, -0.2) is 29.6 Å². The van der Waals surface area contributed by atoms with E-state index in [1.165, 1.54) is 11.3 Å². The number of thiophene rings is 1. The van der Waals surface area contributed by atoms with Gasteiger partial charge in [0.1, 0.15) is 5.75 Å². The maximum Gasteiger partial charge on any atom is 0.349 e. The molecule has 0 bridgehead atoms. The number of nitrogens with one attached hydrogen (secondary N) is 1. The molecule has 1 heterocycles. The van der Waals surface area contributed by atoms with Crippen LogP contribution in [0.1, 0.15) is 34.8 Å². The second kappa shape index (κ2) is 7.56. The molecule has 0 saturated heterocycles. The molecule has 1 rings (SSSR count). The number of rotatable bonds is 7. The second-order valence-electron chi connectivity index (χ2n) is 4.14. The Morgan fingerprint density at radius 3 is 2.85 bits per heavy atom. The summed E-state index contributed by atoms with van der Waals surface area (Å²) in [5.41, 5.74) is 0. The first-order valence-corrected chi connectivity index (χ1v) is 7.05. The minimum Gasteiger partial charge on any atom is -0.479 e. The van der Waals surface area contributed by atoms with E-state index in [1.807, 2.05) is 6.92 Å². The Hall–Kier alpha value is -2.00. The highest BCUT2D eigenvalue weighted by Crippen LogP contribution is 2.31. The fraction of sp³-hybridized carbons (Fsp3) is 0.429. The largest absolute Gasteiger partial charge is 0.479 e. The molecule has 0 radical (unpaired) electrons. The van der Waals surface area contributed by atoms with Crippen molar-refractivity contribution >= 4 is 23.2 Å². The number of hydrogen-bond donors (Lipinski definition) is 2. The highest BCUT2D eigenvalue weighted by Gasteiger charge is 2.21. The monoisotopic (exact) mass is 295 g/mol. The first-order chi connectivity index (χ1) is 9.49. The SMILES string of the molecule is C#CCNC(=O)C(C)Oc1cc(CCC)sc1C(=O)O. The first kappa shape index (κ1) is 16.1. The molecule has 5 nitrogen and oxygen atoms in total. The normalized spacial score (nSPS) is 11.4. The quantitative estimate of drug-likeness (QED) is 0.754. The van der Waals surface area contributed by atoms with Crippen molar-refractivity contribution in [3.8, 4) is 18.1 Å². The Bertz CT molecular complexity index is 530. The lowest BCUT2D eigenvalue weighted by molar-refractivity contribution is -0.127. The van der Waals surface area contributed by atoms with Gasteiger partial charge in [-0.05, 0) is 19.4 Å². The van der Waals surface area contributed by atoms with Gasteiger partial charge in [0.05, 0.1) is 6.54 Å². The summed E-state index contributed by atoms with van der Waals surface area (Å²) in [6.45, 7) is 3.67. The lowest BCUT2D eigenvalue weighted by Gasteiger charge is -2.13. The molecule has 0 saturated carbocycles. The summed E-state index contributed by atoms with van der Waals surface area (Å²) in [6.07, 6.45) is 5.95. The number of aromatic carboxylic acids is 1. The van der Waals surface area contributed by atoms with E-state index in [9.17, 15) is 9.59 Å². The van der Waals surface area contributed by atoms with Crippen molar-refractivity contribution in [3.05, 3.63) is 15.8 Å². The van der Waals surface area contributed by atoms with E-state index in [-0.39, 0.29) is 23.1 Å². The Labute approximate surface area is 122 Å². The van der Waals surface area contributed by atoms with Crippen LogP contribution in [-0.2, 0) is 11.2 Å². The maximum atomic E-state index is 11.6. The summed E-state index contributed by atoms with van der Waals surface area (Å²) < 4.78 is 5.44. The predicted octanol–water partition coefficient (Wildman–Crippen LogP) is 1.92. The van der Waals surface area contributed by atoms with Crippen LogP contribution in [0.25, 0.3) is 0 Å². The van der Waals surface area contributed by atoms with Crippen molar-refractivity contribution in [2.24, 2.45) is 0 Å². The lowest BCUT2D eigenvalue weighted by Crippen LogP contribution is -2.36. The van der Waals surface area contributed by atoms with Gasteiger partial charge in [-0.25, -0.2) is 4.79 Å². The molecule has 1 amide bonds. The van der Waals surface area contributed by atoms with Crippen molar-refractivity contribution in [1.29, 1.82) is 0 Å². The van der Waals surface area contributed by atoms with Crippen LogP contribution in [0.2, 0.25) is 0 Å². The van der Waals surface area contributed by atoms with Gasteiger partial charge < -0.3 is 15.2 Å². The maximum absolute atomic E-state index is 11.6. The summed E-state index contributed by atoms with van der Waals surface area (Å²) in [7, 11) is 0. The Morgan fingerprint density at radius 2 is 2.30 bits per heavy atom. The summed E-state index contributed by atoms with van der Waals surface area (Å²) in [5.74, 6) is 1.09. The van der Waals surface area contributed by atoms with Gasteiger partial charge in [-0.3, -0.25) is 4.79 Å². The molecule has 0 aliphatic rings. The van der Waals surface area contributed by atoms with Crippen molar-refractivity contribution in [3.63, 3.8) is 0 Å². The minimum atomic E-state index is -1.05. The van der Waals surface area contributed by atoms with Gasteiger partial charge in [0, 0.05) is 4.88 Å². The standard InChI is InChI=1S/C14H17NO4S/c1-4-6-10-8-11(12(20-10)14(17)18)19-9(3)13(16)15-7-5-2/h2,8-9H,4,6-7H2,1,3H3,(H,15,16)(H,17,18). The molecule has 2 N–H and O–H groups in total. The topological polar surface area (TPSA) is 75.6 Å². The molecule has 108 valence electrons. The fourth-order valence-electron chi connectivity index (χ4n) is 1.55. The summed E-state index contributed by atoms with van der Waals surface area (Å²) >= 11 is 1.18. The molecule has 20 heavy (non-hydrogen) atoms. The number of amides is 1. The van der Waals surface area contributed by atoms with E-state index < -0.39 is 12.1 Å². The van der Waals surface area contributed by atoms with Crippen LogP contribution >= 0.6 is 11.3 Å². The molecule has 0 spiro atoms. The van der Waals surface area contributed by atoms with Crippen LogP contribution in [0.4, 0.5) is 0 Å². The Balaban J connectivity index is 2.82. The molecule has 0 aliphatic carbocycles. The van der Waals surface area contributed by atoms with Crippen LogP contribution in [0.5, 0.6) is 5.75 Å². The van der Waals surface area contributed by atoms with E-state index in [2.05, 4.69) is 11.2 Å². The summed E-state index contributed by atoms with van der Waals surface area (Å²) in [4.78, 5) is 23.9. The van der Waals surface area contributed by atoms with Gasteiger partial charge in [-0.2, -0.15) is 0 Å². The molecule has 1 unspecified atom stereocenters. The van der Waals surface area contributed by atoms with Crippen LogP contribution in [0.3, 0.4) is 0 Å². The van der Waals surface area contributed by atoms with E-state index in [0.29, 0.717) is 0 Å². The average Bonchev–Trinajstić information content (AvgIpc) is 2.79. The van der Waals surface area contributed by atoms with Gasteiger partial charge in [0.15, 0.2) is 11.0 Å². The molecule has 0 fully saturated rings. The van der Waals surface area contributed by atoms with Gasteiger partial charge in [0.25, 0.3) is 5.91 Å². The van der Waals surface area contributed by atoms with Gasteiger partial charge in [0.2, 0.25) is 0 Å². The smallest absolute Gasteiger partial charge is 0.349 e. The van der Waals surface area contributed by atoms with Crippen LogP contribution in [0.15, 0.2) is 6.07 Å². The number of carboxylic acids is 1. The highest BCUT2D eigenvalue weighted by atomic mass is 32.1. The lowest BCUT2D eigenvalue weighted by atomic mass is 10.3. The summed E-state index contributed by atoms with van der Waals surface area (Å²) in [5, 5.41) is 11.6. The third-order valence-electron chi connectivity index (χ3n) is 2.48. The molecule has 0 aromatic carbocycles. The number of ether oxygens (including phenoxy) is 1. The molecular formula is C14H17NO4S. The average molecular weight is 295 g/mol. The Kier molecular flexibility index (Phi) is 6.07. The molecule has 1 atom stereocenters. The first-order valence-electron chi connectivity index (χ1n) is 6.23. The third kappa shape index (κ3) is 4.28. The molecule has 0 aliphatic heterocycles. The fourth-order valence-corrected chi connectivity index (χ4v) is 2.58. The van der Waals surface area contributed by atoms with E-state index in [0.717, 1.165) is 17.7 Å². The number of carboxylic acid groups (broad SMARTS) is 1. The molecule has 1 aromatic rings. The van der Waals surface area contributed by atoms with Gasteiger partial charge in [-0.1, -0.05) is 19.3 Å². The zero-order valence-electron chi connectivity index (χ0n) is 11.4. The van der Waals surface area contributed by atoms with Crippen molar-refractivity contribution < 1.29 is 19.4 Å². The van der Waals surface area contributed by atoms with E-state index in [1.54, 1.807) is 13.0 Å².